The molecule has 0 bridgehead atoms. The molecule has 3 rings (SSSR count). The first kappa shape index (κ1) is 12.0. The topological polar surface area (TPSA) is 75.4 Å². The summed E-state index contributed by atoms with van der Waals surface area (Å²) in [6, 6.07) is 7.94. The quantitative estimate of drug-likeness (QED) is 0.883. The van der Waals surface area contributed by atoms with E-state index in [9.17, 15) is 4.79 Å². The third-order valence-electron chi connectivity index (χ3n) is 3.72. The summed E-state index contributed by atoms with van der Waals surface area (Å²) in [5.74, 6) is -0.787. The zero-order chi connectivity index (χ0) is 13.3. The van der Waals surface area contributed by atoms with Crippen molar-refractivity contribution in [1.29, 1.82) is 0 Å². The molecule has 0 atom stereocenters. The Morgan fingerprint density at radius 3 is 2.79 bits per heavy atom. The molecule has 0 amide bonds. The van der Waals surface area contributed by atoms with Crippen molar-refractivity contribution in [2.45, 2.75) is 37.6 Å². The number of carbonyl (C=O) groups is 1. The molecule has 19 heavy (non-hydrogen) atoms. The summed E-state index contributed by atoms with van der Waals surface area (Å²) in [7, 11) is 0. The first-order chi connectivity index (χ1) is 9.17. The molecule has 5 heteroatoms. The summed E-state index contributed by atoms with van der Waals surface area (Å²) in [5.41, 5.74) is 1.09. The Balaban J connectivity index is 1.87. The second kappa shape index (κ2) is 4.57. The van der Waals surface area contributed by atoms with Crippen molar-refractivity contribution < 1.29 is 14.3 Å². The molecule has 2 aromatic rings. The van der Waals surface area contributed by atoms with Crippen LogP contribution in [0.4, 0.5) is 6.01 Å². The molecule has 0 spiro atoms. The van der Waals surface area contributed by atoms with E-state index >= 15 is 0 Å². The molecule has 100 valence electrons. The number of anilines is 1. The van der Waals surface area contributed by atoms with E-state index in [0.717, 1.165) is 31.2 Å². The van der Waals surface area contributed by atoms with Gasteiger partial charge in [-0.2, -0.15) is 4.98 Å². The molecule has 1 saturated carbocycles. The lowest BCUT2D eigenvalue weighted by Crippen LogP contribution is -2.37. The van der Waals surface area contributed by atoms with Crippen LogP contribution in [-0.2, 0) is 4.79 Å². The molecule has 0 saturated heterocycles. The molecule has 1 heterocycles. The van der Waals surface area contributed by atoms with Gasteiger partial charge in [0.15, 0.2) is 5.58 Å². The monoisotopic (exact) mass is 260 g/mol. The molecule has 1 aliphatic carbocycles. The highest BCUT2D eigenvalue weighted by atomic mass is 16.4. The van der Waals surface area contributed by atoms with Crippen LogP contribution in [0.5, 0.6) is 0 Å². The Bertz CT molecular complexity index is 567. The fraction of sp³-hybridized carbons (Fsp3) is 0.429. The molecular weight excluding hydrogens is 244 g/mol. The molecule has 0 unspecified atom stereocenters. The third kappa shape index (κ3) is 2.41. The summed E-state index contributed by atoms with van der Waals surface area (Å²) < 4.78 is 5.62. The lowest BCUT2D eigenvalue weighted by atomic mass is 9.93. The van der Waals surface area contributed by atoms with Crippen LogP contribution in [0.25, 0.3) is 11.1 Å². The third-order valence-corrected chi connectivity index (χ3v) is 3.72. The van der Waals surface area contributed by atoms with Crippen molar-refractivity contribution in [2.24, 2.45) is 0 Å². The Morgan fingerprint density at radius 2 is 2.11 bits per heavy atom. The van der Waals surface area contributed by atoms with Crippen molar-refractivity contribution in [3.63, 3.8) is 0 Å². The lowest BCUT2D eigenvalue weighted by molar-refractivity contribution is -0.138. The fourth-order valence-corrected chi connectivity index (χ4v) is 2.84. The van der Waals surface area contributed by atoms with Crippen LogP contribution >= 0.6 is 0 Å². The van der Waals surface area contributed by atoms with Gasteiger partial charge < -0.3 is 14.8 Å². The molecule has 1 aromatic carbocycles. The number of nitrogens with one attached hydrogen (secondary N) is 1. The first-order valence-corrected chi connectivity index (χ1v) is 6.52. The maximum Gasteiger partial charge on any atom is 0.305 e. The van der Waals surface area contributed by atoms with Crippen molar-refractivity contribution in [2.75, 3.05) is 5.32 Å². The van der Waals surface area contributed by atoms with E-state index in [1.54, 1.807) is 0 Å². The summed E-state index contributed by atoms with van der Waals surface area (Å²) in [6.07, 6.45) is 3.88. The van der Waals surface area contributed by atoms with Gasteiger partial charge in [0, 0.05) is 0 Å². The predicted molar refractivity (Wildman–Crippen MR) is 71.1 cm³/mol. The molecule has 0 radical (unpaired) electrons. The lowest BCUT2D eigenvalue weighted by Gasteiger charge is -2.27. The Morgan fingerprint density at radius 1 is 1.37 bits per heavy atom. The van der Waals surface area contributed by atoms with Crippen LogP contribution in [0.15, 0.2) is 28.7 Å². The van der Waals surface area contributed by atoms with Crippen LogP contribution < -0.4 is 5.32 Å². The number of rotatable bonds is 4. The number of oxazole rings is 1. The number of carboxylic acids is 1. The van der Waals surface area contributed by atoms with Crippen molar-refractivity contribution in [3.05, 3.63) is 24.3 Å². The number of hydrogen-bond donors (Lipinski definition) is 2. The average molecular weight is 260 g/mol. The zero-order valence-electron chi connectivity index (χ0n) is 10.6. The van der Waals surface area contributed by atoms with E-state index < -0.39 is 11.5 Å². The number of benzene rings is 1. The number of para-hydroxylation sites is 2. The minimum absolute atomic E-state index is 0.103. The predicted octanol–water partition coefficient (Wildman–Crippen LogP) is 3.03. The van der Waals surface area contributed by atoms with Gasteiger partial charge in [-0.15, -0.1) is 0 Å². The van der Waals surface area contributed by atoms with E-state index in [-0.39, 0.29) is 6.42 Å². The summed E-state index contributed by atoms with van der Waals surface area (Å²) in [6.45, 7) is 0. The highest BCUT2D eigenvalue weighted by molar-refractivity contribution is 5.74. The van der Waals surface area contributed by atoms with E-state index in [2.05, 4.69) is 10.3 Å². The van der Waals surface area contributed by atoms with Crippen molar-refractivity contribution in [1.82, 2.24) is 4.98 Å². The van der Waals surface area contributed by atoms with Gasteiger partial charge in [0.2, 0.25) is 0 Å². The summed E-state index contributed by atoms with van der Waals surface area (Å²) >= 11 is 0. The number of nitrogens with zero attached hydrogens (tertiary/aromatic N) is 1. The number of aromatic nitrogens is 1. The van der Waals surface area contributed by atoms with Crippen LogP contribution in [0.1, 0.15) is 32.1 Å². The number of hydrogen-bond acceptors (Lipinski definition) is 4. The molecular formula is C14H16N2O3. The van der Waals surface area contributed by atoms with Gasteiger partial charge in [0.1, 0.15) is 5.52 Å². The molecule has 2 N–H and O–H groups in total. The van der Waals surface area contributed by atoms with Gasteiger partial charge in [-0.05, 0) is 25.0 Å². The minimum Gasteiger partial charge on any atom is -0.481 e. The van der Waals surface area contributed by atoms with Crippen molar-refractivity contribution in [3.8, 4) is 0 Å². The second-order valence-corrected chi connectivity index (χ2v) is 5.17. The Labute approximate surface area is 110 Å². The van der Waals surface area contributed by atoms with Gasteiger partial charge in [0.25, 0.3) is 6.01 Å². The maximum absolute atomic E-state index is 11.0. The second-order valence-electron chi connectivity index (χ2n) is 5.17. The number of carboxylic acid groups (broad SMARTS) is 1. The number of aliphatic carboxylic acids is 1. The summed E-state index contributed by atoms with van der Waals surface area (Å²) in [5, 5.41) is 12.3. The SMILES string of the molecule is O=C(O)CC1(Nc2nc3ccccc3o2)CCCC1. The largest absolute Gasteiger partial charge is 0.481 e. The van der Waals surface area contributed by atoms with Crippen LogP contribution in [0, 0.1) is 0 Å². The molecule has 0 aliphatic heterocycles. The van der Waals surface area contributed by atoms with Gasteiger partial charge in [-0.3, -0.25) is 4.79 Å². The van der Waals surface area contributed by atoms with E-state index in [4.69, 9.17) is 9.52 Å². The van der Waals surface area contributed by atoms with Gasteiger partial charge in [-0.25, -0.2) is 0 Å². The van der Waals surface area contributed by atoms with E-state index in [0.29, 0.717) is 11.6 Å². The minimum atomic E-state index is -0.787. The zero-order valence-corrected chi connectivity index (χ0v) is 10.6. The Hall–Kier alpha value is -2.04. The fourth-order valence-electron chi connectivity index (χ4n) is 2.84. The highest BCUT2D eigenvalue weighted by Crippen LogP contribution is 2.36. The standard InChI is InChI=1S/C14H16N2O3/c17-12(18)9-14(7-3-4-8-14)16-13-15-10-5-1-2-6-11(10)19-13/h1-2,5-6H,3-4,7-9H2,(H,15,16)(H,17,18). The maximum atomic E-state index is 11.0. The van der Waals surface area contributed by atoms with E-state index in [1.807, 2.05) is 24.3 Å². The van der Waals surface area contributed by atoms with Gasteiger partial charge in [0.05, 0.1) is 12.0 Å². The molecule has 1 fully saturated rings. The first-order valence-electron chi connectivity index (χ1n) is 6.52. The Kier molecular flexibility index (Phi) is 2.89. The smallest absolute Gasteiger partial charge is 0.305 e. The highest BCUT2D eigenvalue weighted by Gasteiger charge is 2.37. The van der Waals surface area contributed by atoms with E-state index in [1.165, 1.54) is 0 Å². The van der Waals surface area contributed by atoms with Crippen LogP contribution in [-0.4, -0.2) is 21.6 Å². The molecule has 1 aliphatic rings. The number of fused-ring (bicyclic) bond motifs is 1. The average Bonchev–Trinajstić information content (AvgIpc) is 2.94. The van der Waals surface area contributed by atoms with Crippen molar-refractivity contribution >= 4 is 23.1 Å². The molecule has 5 nitrogen and oxygen atoms in total. The van der Waals surface area contributed by atoms with Crippen LogP contribution in [0.3, 0.4) is 0 Å². The molecule has 1 aromatic heterocycles. The van der Waals surface area contributed by atoms with Gasteiger partial charge >= 0.3 is 5.97 Å². The van der Waals surface area contributed by atoms with Gasteiger partial charge in [-0.1, -0.05) is 25.0 Å². The normalized spacial score (nSPS) is 17.7. The summed E-state index contributed by atoms with van der Waals surface area (Å²) in [4.78, 5) is 15.4. The van der Waals surface area contributed by atoms with Crippen LogP contribution in [0.2, 0.25) is 0 Å².